The van der Waals surface area contributed by atoms with Crippen LogP contribution in [0.3, 0.4) is 0 Å². The highest BCUT2D eigenvalue weighted by molar-refractivity contribution is 7.90. The van der Waals surface area contributed by atoms with Gasteiger partial charge in [0.2, 0.25) is 5.91 Å². The van der Waals surface area contributed by atoms with Crippen molar-refractivity contribution >= 4 is 27.8 Å². The first-order chi connectivity index (χ1) is 21.0. The Kier molecular flexibility index (Phi) is 10.2. The second-order valence-corrected chi connectivity index (χ2v) is 11.8. The van der Waals surface area contributed by atoms with E-state index in [0.717, 1.165) is 24.6 Å². The number of hydrogen-bond donors (Lipinski definition) is 4. The minimum absolute atomic E-state index is 0.0590. The van der Waals surface area contributed by atoms with Gasteiger partial charge in [0.05, 0.1) is 23.2 Å². The summed E-state index contributed by atoms with van der Waals surface area (Å²) in [6.45, 7) is 3.31. The van der Waals surface area contributed by atoms with Crippen LogP contribution in [0.15, 0.2) is 83.9 Å². The predicted molar refractivity (Wildman–Crippen MR) is 161 cm³/mol. The van der Waals surface area contributed by atoms with Crippen molar-refractivity contribution in [2.75, 3.05) is 0 Å². The fourth-order valence-corrected chi connectivity index (χ4v) is 5.92. The lowest BCUT2D eigenvalue weighted by molar-refractivity contribution is -0.148. The van der Waals surface area contributed by atoms with E-state index in [-0.39, 0.29) is 23.6 Å². The molecule has 0 radical (unpaired) electrons. The number of carbonyl (C=O) groups excluding carboxylic acids is 2. The molecule has 0 aliphatic rings. The number of sulfonamides is 1. The first kappa shape index (κ1) is 32.0. The standard InChI is InChI=1S/C31H33N5O7S/c1-3-9-24-17-27(30(39)33-26(29(38)31(40)41)16-21-10-5-4-6-11-21)34-36(24)19-23-15-14-22(18-32-23)25-12-7-8-13-28(25)44(42,43)35-20(2)37/h4-8,10-15,17-18,26,29,38H,3,9,16,19H2,1-2H3,(H,33,39)(H,35,37)(H,40,41)/t26-,29-/m1/s1. The largest absolute Gasteiger partial charge is 0.479 e. The molecule has 230 valence electrons. The van der Waals surface area contributed by atoms with E-state index in [9.17, 15) is 33.0 Å². The Labute approximate surface area is 254 Å². The summed E-state index contributed by atoms with van der Waals surface area (Å²) in [4.78, 5) is 40.6. The van der Waals surface area contributed by atoms with Crippen LogP contribution in [-0.2, 0) is 39.0 Å². The Morgan fingerprint density at radius 2 is 1.70 bits per heavy atom. The number of aliphatic hydroxyl groups excluding tert-OH is 1. The fourth-order valence-electron chi connectivity index (χ4n) is 4.70. The quantitative estimate of drug-likeness (QED) is 0.175. The lowest BCUT2D eigenvalue weighted by atomic mass is 10.0. The molecule has 0 fully saturated rings. The number of aliphatic hydroxyl groups is 1. The van der Waals surface area contributed by atoms with Gasteiger partial charge in [-0.1, -0.05) is 67.9 Å². The molecule has 4 aromatic rings. The zero-order chi connectivity index (χ0) is 31.9. The lowest BCUT2D eigenvalue weighted by Gasteiger charge is -2.21. The number of nitrogens with one attached hydrogen (secondary N) is 2. The summed E-state index contributed by atoms with van der Waals surface area (Å²) < 4.78 is 29.0. The van der Waals surface area contributed by atoms with Crippen molar-refractivity contribution < 1.29 is 33.0 Å². The zero-order valence-corrected chi connectivity index (χ0v) is 25.0. The Morgan fingerprint density at radius 1 is 1.00 bits per heavy atom. The smallest absolute Gasteiger partial charge is 0.334 e. The third kappa shape index (κ3) is 7.94. The number of aliphatic carboxylic acids is 1. The van der Waals surface area contributed by atoms with Crippen LogP contribution >= 0.6 is 0 Å². The summed E-state index contributed by atoms with van der Waals surface area (Å²) in [7, 11) is -4.08. The molecule has 12 nitrogen and oxygen atoms in total. The number of amides is 2. The summed E-state index contributed by atoms with van der Waals surface area (Å²) in [5.74, 6) is -2.77. The topological polar surface area (TPSA) is 181 Å². The molecule has 44 heavy (non-hydrogen) atoms. The van der Waals surface area contributed by atoms with Crippen LogP contribution in [0.5, 0.6) is 0 Å². The molecular formula is C31H33N5O7S. The number of hydrogen-bond acceptors (Lipinski definition) is 8. The number of benzene rings is 2. The van der Waals surface area contributed by atoms with Crippen molar-refractivity contribution in [2.24, 2.45) is 0 Å². The maximum Gasteiger partial charge on any atom is 0.334 e. The van der Waals surface area contributed by atoms with Crippen molar-refractivity contribution in [1.29, 1.82) is 0 Å². The van der Waals surface area contributed by atoms with Crippen LogP contribution in [0.4, 0.5) is 0 Å². The van der Waals surface area contributed by atoms with Crippen molar-refractivity contribution in [3.05, 3.63) is 102 Å². The summed E-state index contributed by atoms with van der Waals surface area (Å²) in [6, 6.07) is 19.2. The first-order valence-corrected chi connectivity index (χ1v) is 15.4. The monoisotopic (exact) mass is 619 g/mol. The van der Waals surface area contributed by atoms with Crippen molar-refractivity contribution in [2.45, 2.75) is 56.7 Å². The minimum atomic E-state index is -4.08. The van der Waals surface area contributed by atoms with E-state index in [4.69, 9.17) is 0 Å². The highest BCUT2D eigenvalue weighted by Gasteiger charge is 2.29. The second kappa shape index (κ2) is 14.1. The molecule has 0 saturated heterocycles. The molecule has 0 bridgehead atoms. The molecule has 13 heteroatoms. The van der Waals surface area contributed by atoms with E-state index in [1.165, 1.54) is 12.3 Å². The SMILES string of the molecule is CCCc1cc(C(=O)N[C@H](Cc2ccccc2)[C@@H](O)C(=O)O)nn1Cc1ccc(-c2ccccc2S(=O)(=O)NC(C)=O)cn1. The van der Waals surface area contributed by atoms with Gasteiger partial charge in [-0.25, -0.2) is 17.9 Å². The van der Waals surface area contributed by atoms with Crippen molar-refractivity contribution in [3.8, 4) is 11.1 Å². The van der Waals surface area contributed by atoms with Crippen molar-refractivity contribution in [1.82, 2.24) is 24.8 Å². The maximum absolute atomic E-state index is 13.2. The fraction of sp³-hybridized carbons (Fsp3) is 0.258. The Balaban J connectivity index is 1.55. The minimum Gasteiger partial charge on any atom is -0.479 e. The van der Waals surface area contributed by atoms with Gasteiger partial charge in [0.25, 0.3) is 15.9 Å². The lowest BCUT2D eigenvalue weighted by Crippen LogP contribution is -2.48. The number of nitrogens with zero attached hydrogens (tertiary/aromatic N) is 3. The van der Waals surface area contributed by atoms with Gasteiger partial charge in [-0.3, -0.25) is 19.3 Å². The van der Waals surface area contributed by atoms with Gasteiger partial charge in [-0.15, -0.1) is 0 Å². The van der Waals surface area contributed by atoms with Gasteiger partial charge in [0.15, 0.2) is 6.10 Å². The molecule has 0 aliphatic heterocycles. The number of pyridine rings is 1. The Hall–Kier alpha value is -4.88. The van der Waals surface area contributed by atoms with E-state index in [1.54, 1.807) is 65.3 Å². The predicted octanol–water partition coefficient (Wildman–Crippen LogP) is 2.56. The van der Waals surface area contributed by atoms with Crippen molar-refractivity contribution in [3.63, 3.8) is 0 Å². The van der Waals surface area contributed by atoms with E-state index < -0.39 is 40.0 Å². The second-order valence-electron chi connectivity index (χ2n) is 10.2. The van der Waals surface area contributed by atoms with E-state index in [2.05, 4.69) is 15.4 Å². The number of rotatable bonds is 13. The van der Waals surface area contributed by atoms with Gasteiger partial charge in [-0.2, -0.15) is 5.10 Å². The average Bonchev–Trinajstić information content (AvgIpc) is 3.39. The van der Waals surface area contributed by atoms with Crippen LogP contribution in [-0.4, -0.2) is 63.3 Å². The third-order valence-electron chi connectivity index (χ3n) is 6.75. The Morgan fingerprint density at radius 3 is 2.34 bits per heavy atom. The molecule has 0 unspecified atom stereocenters. The van der Waals surface area contributed by atoms with E-state index in [0.29, 0.717) is 23.2 Å². The molecule has 2 aromatic carbocycles. The maximum atomic E-state index is 13.2. The average molecular weight is 620 g/mol. The van der Waals surface area contributed by atoms with Gasteiger partial charge in [-0.05, 0) is 36.6 Å². The summed E-state index contributed by atoms with van der Waals surface area (Å²) in [6.07, 6.45) is 1.19. The molecule has 0 spiro atoms. The normalized spacial score (nSPS) is 12.7. The number of aromatic nitrogens is 3. The number of carboxylic acids is 1. The number of carboxylic acid groups (broad SMARTS) is 1. The molecule has 4 rings (SSSR count). The molecule has 0 saturated carbocycles. The first-order valence-electron chi connectivity index (χ1n) is 13.9. The molecule has 2 aromatic heterocycles. The molecule has 2 atom stereocenters. The van der Waals surface area contributed by atoms with Gasteiger partial charge < -0.3 is 15.5 Å². The van der Waals surface area contributed by atoms with Gasteiger partial charge in [0.1, 0.15) is 5.69 Å². The number of carbonyl (C=O) groups is 3. The molecule has 2 heterocycles. The molecule has 0 aliphatic carbocycles. The van der Waals surface area contributed by atoms with Crippen LogP contribution < -0.4 is 10.0 Å². The van der Waals surface area contributed by atoms with Gasteiger partial charge in [0, 0.05) is 29.9 Å². The third-order valence-corrected chi connectivity index (χ3v) is 8.24. The zero-order valence-electron chi connectivity index (χ0n) is 24.2. The summed E-state index contributed by atoms with van der Waals surface area (Å²) >= 11 is 0. The molecule has 2 amide bonds. The van der Waals surface area contributed by atoms with Crippen LogP contribution in [0, 0.1) is 0 Å². The van der Waals surface area contributed by atoms with E-state index in [1.807, 2.05) is 17.7 Å². The number of aryl methyl sites for hydroxylation is 1. The molecular weight excluding hydrogens is 586 g/mol. The highest BCUT2D eigenvalue weighted by atomic mass is 32.2. The Bertz CT molecular complexity index is 1740. The van der Waals surface area contributed by atoms with Crippen LogP contribution in [0.25, 0.3) is 11.1 Å². The highest BCUT2D eigenvalue weighted by Crippen LogP contribution is 2.27. The van der Waals surface area contributed by atoms with E-state index >= 15 is 0 Å². The van der Waals surface area contributed by atoms with Gasteiger partial charge >= 0.3 is 5.97 Å². The molecule has 4 N–H and O–H groups in total. The van der Waals surface area contributed by atoms with Crippen LogP contribution in [0.2, 0.25) is 0 Å². The summed E-state index contributed by atoms with van der Waals surface area (Å²) in [5.41, 5.74) is 3.06. The summed E-state index contributed by atoms with van der Waals surface area (Å²) in [5, 5.41) is 26.8. The van der Waals surface area contributed by atoms with Crippen LogP contribution in [0.1, 0.15) is 47.7 Å².